The van der Waals surface area contributed by atoms with Crippen molar-refractivity contribution in [2.45, 2.75) is 13.3 Å². The molecule has 0 bridgehead atoms. The number of benzene rings is 2. The second kappa shape index (κ2) is 10.8. The third kappa shape index (κ3) is 5.67. The van der Waals surface area contributed by atoms with Crippen molar-refractivity contribution < 1.29 is 31.5 Å². The second-order valence-electron chi connectivity index (χ2n) is 7.97. The van der Waals surface area contributed by atoms with Crippen molar-refractivity contribution in [1.29, 1.82) is 0 Å². The first kappa shape index (κ1) is 26.4. The zero-order valence-corrected chi connectivity index (χ0v) is 20.7. The first-order chi connectivity index (χ1) is 18.1. The molecule has 0 fully saturated rings. The molecule has 4 rings (SSSR count). The van der Waals surface area contributed by atoms with E-state index in [1.165, 1.54) is 18.5 Å². The molecule has 13 heteroatoms. The fourth-order valence-electron chi connectivity index (χ4n) is 3.51. The SMILES string of the molecule is C=CC(=O)Nc1cccc(Oc2cnc3[nH]cc(C(=O)c4c(F)ccc(NS(=O)(=O)CCC)c4F)c3n2)c1. The Morgan fingerprint density at radius 2 is 2.00 bits per heavy atom. The standard InChI is InChI=1S/C25H21F2N5O5S/c1-3-10-38(35,36)32-18-9-8-17(26)21(22(18)27)24(34)16-12-28-25-23(16)31-20(13-29-25)37-15-7-5-6-14(11-15)30-19(33)4-2/h4-9,11-13,32H,2-3,10H2,1H3,(H,28,29)(H,30,33). The fourth-order valence-corrected chi connectivity index (χ4v) is 4.64. The highest BCUT2D eigenvalue weighted by Gasteiger charge is 2.26. The van der Waals surface area contributed by atoms with Crippen molar-refractivity contribution in [3.05, 3.63) is 84.2 Å². The minimum Gasteiger partial charge on any atom is -0.437 e. The predicted octanol–water partition coefficient (Wildman–Crippen LogP) is 4.54. The number of aromatic nitrogens is 3. The molecule has 0 atom stereocenters. The number of anilines is 2. The van der Waals surface area contributed by atoms with E-state index in [4.69, 9.17) is 4.74 Å². The lowest BCUT2D eigenvalue weighted by Gasteiger charge is -2.11. The van der Waals surface area contributed by atoms with E-state index < -0.39 is 44.6 Å². The maximum absolute atomic E-state index is 15.2. The lowest BCUT2D eigenvalue weighted by Crippen LogP contribution is -2.18. The molecule has 4 aromatic rings. The summed E-state index contributed by atoms with van der Waals surface area (Å²) in [5.41, 5.74) is -1.17. The average molecular weight is 542 g/mol. The number of nitrogens with one attached hydrogen (secondary N) is 3. The molecule has 0 saturated heterocycles. The summed E-state index contributed by atoms with van der Waals surface area (Å²) < 4.78 is 61.7. The lowest BCUT2D eigenvalue weighted by atomic mass is 10.0. The molecule has 0 saturated carbocycles. The monoisotopic (exact) mass is 541 g/mol. The van der Waals surface area contributed by atoms with Gasteiger partial charge in [0.2, 0.25) is 27.6 Å². The van der Waals surface area contributed by atoms with E-state index in [-0.39, 0.29) is 40.5 Å². The van der Waals surface area contributed by atoms with Gasteiger partial charge in [0.15, 0.2) is 11.5 Å². The fraction of sp³-hybridized carbons (Fsp3) is 0.120. The summed E-state index contributed by atoms with van der Waals surface area (Å²) in [5.74, 6) is -4.07. The van der Waals surface area contributed by atoms with E-state index in [1.54, 1.807) is 25.1 Å². The number of carbonyl (C=O) groups excluding carboxylic acids is 2. The minimum atomic E-state index is -3.89. The molecular weight excluding hydrogens is 520 g/mol. The van der Waals surface area contributed by atoms with E-state index in [0.29, 0.717) is 5.69 Å². The highest BCUT2D eigenvalue weighted by Crippen LogP contribution is 2.29. The minimum absolute atomic E-state index is 0.0284. The summed E-state index contributed by atoms with van der Waals surface area (Å²) in [7, 11) is -3.89. The van der Waals surface area contributed by atoms with Crippen LogP contribution in [0.4, 0.5) is 20.2 Å². The molecule has 10 nitrogen and oxygen atoms in total. The van der Waals surface area contributed by atoms with Gasteiger partial charge in [0.25, 0.3) is 0 Å². The van der Waals surface area contributed by atoms with Crippen LogP contribution in [0.1, 0.15) is 29.3 Å². The summed E-state index contributed by atoms with van der Waals surface area (Å²) in [6, 6.07) is 8.07. The van der Waals surface area contributed by atoms with E-state index in [1.807, 2.05) is 4.72 Å². The number of sulfonamides is 1. The predicted molar refractivity (Wildman–Crippen MR) is 137 cm³/mol. The van der Waals surface area contributed by atoms with Crippen LogP contribution in [-0.4, -0.2) is 40.8 Å². The van der Waals surface area contributed by atoms with Crippen LogP contribution in [-0.2, 0) is 14.8 Å². The van der Waals surface area contributed by atoms with Crippen LogP contribution < -0.4 is 14.8 Å². The number of amides is 1. The summed E-state index contributed by atoms with van der Waals surface area (Å²) in [6.45, 7) is 5.01. The molecule has 0 aliphatic carbocycles. The molecule has 196 valence electrons. The van der Waals surface area contributed by atoms with Gasteiger partial charge in [-0.2, -0.15) is 0 Å². The van der Waals surface area contributed by atoms with Gasteiger partial charge in [-0.05, 0) is 36.8 Å². The molecule has 1 amide bonds. The van der Waals surface area contributed by atoms with Gasteiger partial charge in [-0.1, -0.05) is 19.6 Å². The van der Waals surface area contributed by atoms with Crippen molar-refractivity contribution in [1.82, 2.24) is 15.0 Å². The molecule has 0 aliphatic rings. The van der Waals surface area contributed by atoms with Crippen LogP contribution in [0, 0.1) is 11.6 Å². The average Bonchev–Trinajstić information content (AvgIpc) is 3.29. The van der Waals surface area contributed by atoms with Gasteiger partial charge in [-0.3, -0.25) is 14.3 Å². The van der Waals surface area contributed by atoms with Crippen LogP contribution in [0.25, 0.3) is 11.2 Å². The molecule has 2 aromatic heterocycles. The van der Waals surface area contributed by atoms with Crippen molar-refractivity contribution in [3.8, 4) is 11.6 Å². The first-order valence-corrected chi connectivity index (χ1v) is 12.9. The van der Waals surface area contributed by atoms with Gasteiger partial charge in [-0.25, -0.2) is 27.2 Å². The van der Waals surface area contributed by atoms with Gasteiger partial charge in [0, 0.05) is 18.0 Å². The normalized spacial score (nSPS) is 11.2. The summed E-state index contributed by atoms with van der Waals surface area (Å²) >= 11 is 0. The molecule has 0 aliphatic heterocycles. The number of hydrogen-bond acceptors (Lipinski definition) is 7. The van der Waals surface area contributed by atoms with Gasteiger partial charge in [0.05, 0.1) is 28.8 Å². The summed E-state index contributed by atoms with van der Waals surface area (Å²) in [4.78, 5) is 35.9. The first-order valence-electron chi connectivity index (χ1n) is 11.2. The zero-order valence-electron chi connectivity index (χ0n) is 19.9. The van der Waals surface area contributed by atoms with Crippen LogP contribution in [0.3, 0.4) is 0 Å². The molecule has 2 heterocycles. The lowest BCUT2D eigenvalue weighted by molar-refractivity contribution is -0.111. The maximum atomic E-state index is 15.2. The number of ether oxygens (including phenoxy) is 1. The number of aromatic amines is 1. The Bertz CT molecular complexity index is 1670. The van der Waals surface area contributed by atoms with Crippen molar-refractivity contribution in [2.24, 2.45) is 0 Å². The van der Waals surface area contributed by atoms with Crippen LogP contribution >= 0.6 is 0 Å². The molecule has 0 radical (unpaired) electrons. The number of fused-ring (bicyclic) bond motifs is 1. The molecule has 2 aromatic carbocycles. The van der Waals surface area contributed by atoms with E-state index in [2.05, 4.69) is 26.8 Å². The zero-order chi connectivity index (χ0) is 27.4. The molecule has 3 N–H and O–H groups in total. The van der Waals surface area contributed by atoms with Crippen LogP contribution in [0.15, 0.2) is 61.4 Å². The summed E-state index contributed by atoms with van der Waals surface area (Å²) in [6.07, 6.45) is 3.84. The smallest absolute Gasteiger partial charge is 0.247 e. The second-order valence-corrected chi connectivity index (χ2v) is 9.81. The third-order valence-corrected chi connectivity index (χ3v) is 6.65. The Kier molecular flexibility index (Phi) is 7.48. The Balaban J connectivity index is 1.67. The van der Waals surface area contributed by atoms with E-state index >= 15 is 4.39 Å². The highest BCUT2D eigenvalue weighted by atomic mass is 32.2. The Morgan fingerprint density at radius 3 is 2.74 bits per heavy atom. The molecule has 0 unspecified atom stereocenters. The molecule has 38 heavy (non-hydrogen) atoms. The van der Waals surface area contributed by atoms with Gasteiger partial charge in [0.1, 0.15) is 17.1 Å². The number of halogens is 2. The number of hydrogen-bond donors (Lipinski definition) is 3. The number of rotatable bonds is 10. The van der Waals surface area contributed by atoms with Crippen LogP contribution in [0.2, 0.25) is 0 Å². The van der Waals surface area contributed by atoms with Gasteiger partial charge >= 0.3 is 0 Å². The topological polar surface area (TPSA) is 143 Å². The Labute approximate surface area is 215 Å². The van der Waals surface area contributed by atoms with Crippen molar-refractivity contribution in [3.63, 3.8) is 0 Å². The van der Waals surface area contributed by atoms with Crippen LogP contribution in [0.5, 0.6) is 11.6 Å². The van der Waals surface area contributed by atoms with Crippen molar-refractivity contribution in [2.75, 3.05) is 15.8 Å². The van der Waals surface area contributed by atoms with Crippen molar-refractivity contribution >= 4 is 44.3 Å². The summed E-state index contributed by atoms with van der Waals surface area (Å²) in [5, 5.41) is 2.59. The van der Waals surface area contributed by atoms with E-state index in [9.17, 15) is 22.4 Å². The number of carbonyl (C=O) groups is 2. The highest BCUT2D eigenvalue weighted by molar-refractivity contribution is 7.92. The Morgan fingerprint density at radius 1 is 1.21 bits per heavy atom. The number of nitrogens with zero attached hydrogens (tertiary/aromatic N) is 2. The quantitative estimate of drug-likeness (QED) is 0.198. The Hall–Kier alpha value is -4.65. The van der Waals surface area contributed by atoms with Gasteiger partial charge < -0.3 is 15.0 Å². The van der Waals surface area contributed by atoms with Gasteiger partial charge in [-0.15, -0.1) is 0 Å². The molecule has 0 spiro atoms. The third-order valence-electron chi connectivity index (χ3n) is 5.17. The number of H-pyrrole nitrogens is 1. The number of ketones is 1. The maximum Gasteiger partial charge on any atom is 0.247 e. The largest absolute Gasteiger partial charge is 0.437 e. The van der Waals surface area contributed by atoms with E-state index in [0.717, 1.165) is 18.2 Å². The molecular formula is C25H21F2N5O5S.